The van der Waals surface area contributed by atoms with Crippen molar-refractivity contribution in [2.45, 2.75) is 6.18 Å². The smallest absolute Gasteiger partial charge is 0.416 e. The van der Waals surface area contributed by atoms with Gasteiger partial charge in [-0.1, -0.05) is 0 Å². The van der Waals surface area contributed by atoms with E-state index in [9.17, 15) is 22.8 Å². The number of alkyl halides is 3. The molecule has 0 unspecified atom stereocenters. The number of amides is 2. The van der Waals surface area contributed by atoms with Crippen LogP contribution in [-0.4, -0.2) is 32.6 Å². The summed E-state index contributed by atoms with van der Waals surface area (Å²) in [5.74, 6) is -0.296. The van der Waals surface area contributed by atoms with Crippen LogP contribution < -0.4 is 20.1 Å². The molecule has 0 radical (unpaired) electrons. The molecule has 0 saturated heterocycles. The van der Waals surface area contributed by atoms with Crippen LogP contribution in [0.15, 0.2) is 42.5 Å². The lowest BCUT2D eigenvalue weighted by molar-refractivity contribution is -0.137. The molecule has 0 spiro atoms. The van der Waals surface area contributed by atoms with E-state index in [2.05, 4.69) is 10.6 Å². The summed E-state index contributed by atoms with van der Waals surface area (Å²) in [7, 11) is 2.88. The first-order valence-electron chi connectivity index (χ1n) is 7.71. The topological polar surface area (TPSA) is 76.7 Å². The number of hydrogen-bond acceptors (Lipinski definition) is 4. The van der Waals surface area contributed by atoms with Crippen molar-refractivity contribution in [2.75, 3.05) is 26.1 Å². The molecule has 2 aromatic carbocycles. The molecule has 0 aliphatic rings. The van der Waals surface area contributed by atoms with Crippen LogP contribution in [0.5, 0.6) is 11.5 Å². The number of halogens is 3. The van der Waals surface area contributed by atoms with E-state index in [4.69, 9.17) is 9.47 Å². The van der Waals surface area contributed by atoms with Crippen LogP contribution >= 0.6 is 0 Å². The quantitative estimate of drug-likeness (QED) is 0.805. The van der Waals surface area contributed by atoms with Gasteiger partial charge >= 0.3 is 6.18 Å². The molecule has 2 amide bonds. The van der Waals surface area contributed by atoms with Crippen LogP contribution in [0, 0.1) is 0 Å². The van der Waals surface area contributed by atoms with Gasteiger partial charge in [0.25, 0.3) is 5.91 Å². The van der Waals surface area contributed by atoms with Gasteiger partial charge in [-0.3, -0.25) is 9.59 Å². The van der Waals surface area contributed by atoms with Gasteiger partial charge in [0.05, 0.1) is 26.3 Å². The Balaban J connectivity index is 1.94. The molecule has 27 heavy (non-hydrogen) atoms. The van der Waals surface area contributed by atoms with Crippen LogP contribution in [0.1, 0.15) is 15.9 Å². The van der Waals surface area contributed by atoms with Crippen LogP contribution in [0.4, 0.5) is 18.9 Å². The molecular weight excluding hydrogens is 365 g/mol. The normalized spacial score (nSPS) is 10.9. The van der Waals surface area contributed by atoms with E-state index in [-0.39, 0.29) is 17.8 Å². The first-order valence-corrected chi connectivity index (χ1v) is 7.71. The average Bonchev–Trinajstić information content (AvgIpc) is 2.65. The highest BCUT2D eigenvalue weighted by Crippen LogP contribution is 2.29. The Bertz CT molecular complexity index is 798. The van der Waals surface area contributed by atoms with E-state index in [1.807, 2.05) is 0 Å². The molecule has 144 valence electrons. The summed E-state index contributed by atoms with van der Waals surface area (Å²) in [5.41, 5.74) is -0.403. The fourth-order valence-corrected chi connectivity index (χ4v) is 2.15. The van der Waals surface area contributed by atoms with Crippen molar-refractivity contribution in [2.24, 2.45) is 0 Å². The number of carbonyl (C=O) groups is 2. The van der Waals surface area contributed by atoms with Crippen molar-refractivity contribution in [3.8, 4) is 11.5 Å². The van der Waals surface area contributed by atoms with Gasteiger partial charge in [0.2, 0.25) is 5.91 Å². The number of rotatable bonds is 6. The Hall–Kier alpha value is -3.23. The molecule has 0 aromatic heterocycles. The number of nitrogens with one attached hydrogen (secondary N) is 2. The Labute approximate surface area is 153 Å². The third-order valence-electron chi connectivity index (χ3n) is 3.52. The number of ether oxygens (including phenoxy) is 2. The SMILES string of the molecule is COc1cc(OC)cc(C(=O)NCC(=O)Nc2ccc(C(F)(F)F)cc2)c1. The summed E-state index contributed by atoms with van der Waals surface area (Å²) in [6.45, 7) is -0.362. The highest BCUT2D eigenvalue weighted by Gasteiger charge is 2.29. The van der Waals surface area contributed by atoms with Gasteiger partial charge in [0, 0.05) is 17.3 Å². The van der Waals surface area contributed by atoms with Crippen molar-refractivity contribution in [1.82, 2.24) is 5.32 Å². The lowest BCUT2D eigenvalue weighted by atomic mass is 10.2. The minimum Gasteiger partial charge on any atom is -0.497 e. The van der Waals surface area contributed by atoms with E-state index in [0.717, 1.165) is 24.3 Å². The van der Waals surface area contributed by atoms with Crippen molar-refractivity contribution in [3.63, 3.8) is 0 Å². The second-order valence-electron chi connectivity index (χ2n) is 5.41. The first-order chi connectivity index (χ1) is 12.7. The van der Waals surface area contributed by atoms with E-state index in [1.165, 1.54) is 26.4 Å². The largest absolute Gasteiger partial charge is 0.497 e. The summed E-state index contributed by atoms with van der Waals surface area (Å²) in [5, 5.41) is 4.82. The minimum atomic E-state index is -4.45. The Kier molecular flexibility index (Phi) is 6.27. The number of benzene rings is 2. The third kappa shape index (κ3) is 5.63. The third-order valence-corrected chi connectivity index (χ3v) is 3.52. The number of methoxy groups -OCH3 is 2. The molecule has 0 aliphatic carbocycles. The van der Waals surface area contributed by atoms with Gasteiger partial charge in [-0.15, -0.1) is 0 Å². The molecule has 0 aliphatic heterocycles. The van der Waals surface area contributed by atoms with Crippen molar-refractivity contribution >= 4 is 17.5 Å². The first kappa shape index (κ1) is 20.1. The van der Waals surface area contributed by atoms with E-state index in [1.54, 1.807) is 6.07 Å². The van der Waals surface area contributed by atoms with Gasteiger partial charge in [-0.25, -0.2) is 0 Å². The number of hydrogen-bond donors (Lipinski definition) is 2. The molecule has 0 atom stereocenters. The van der Waals surface area contributed by atoms with Gasteiger partial charge in [0.15, 0.2) is 0 Å². The minimum absolute atomic E-state index is 0.185. The molecule has 0 saturated carbocycles. The van der Waals surface area contributed by atoms with E-state index in [0.29, 0.717) is 11.5 Å². The molecule has 2 rings (SSSR count). The molecule has 0 bridgehead atoms. The van der Waals surface area contributed by atoms with Crippen LogP contribution in [-0.2, 0) is 11.0 Å². The standard InChI is InChI=1S/C18H17F3N2O4/c1-26-14-7-11(8-15(9-14)27-2)17(25)22-10-16(24)23-13-5-3-12(4-6-13)18(19,20)21/h3-9H,10H2,1-2H3,(H,22,25)(H,23,24). The summed E-state index contributed by atoms with van der Waals surface area (Å²) in [6.07, 6.45) is -4.45. The predicted molar refractivity (Wildman–Crippen MR) is 92.0 cm³/mol. The second-order valence-corrected chi connectivity index (χ2v) is 5.41. The summed E-state index contributed by atoms with van der Waals surface area (Å²) < 4.78 is 47.7. The molecule has 2 aromatic rings. The molecule has 0 fully saturated rings. The van der Waals surface area contributed by atoms with Gasteiger partial charge in [-0.05, 0) is 36.4 Å². The molecule has 2 N–H and O–H groups in total. The zero-order chi connectivity index (χ0) is 20.0. The lowest BCUT2D eigenvalue weighted by Gasteiger charge is -2.10. The number of carbonyl (C=O) groups excluding carboxylic acids is 2. The Morgan fingerprint density at radius 1 is 0.963 bits per heavy atom. The maximum absolute atomic E-state index is 12.5. The summed E-state index contributed by atoms with van der Waals surface area (Å²) in [4.78, 5) is 24.0. The molecule has 6 nitrogen and oxygen atoms in total. The van der Waals surface area contributed by atoms with Crippen LogP contribution in [0.2, 0.25) is 0 Å². The number of anilines is 1. The Morgan fingerprint density at radius 3 is 2.00 bits per heavy atom. The lowest BCUT2D eigenvalue weighted by Crippen LogP contribution is -2.32. The second kappa shape index (κ2) is 8.43. The maximum atomic E-state index is 12.5. The van der Waals surface area contributed by atoms with E-state index >= 15 is 0 Å². The zero-order valence-corrected chi connectivity index (χ0v) is 14.5. The molecular formula is C18H17F3N2O4. The van der Waals surface area contributed by atoms with Crippen molar-refractivity contribution < 1.29 is 32.2 Å². The fourth-order valence-electron chi connectivity index (χ4n) is 2.15. The van der Waals surface area contributed by atoms with Crippen molar-refractivity contribution in [1.29, 1.82) is 0 Å². The van der Waals surface area contributed by atoms with Gasteiger partial charge < -0.3 is 20.1 Å². The molecule has 0 heterocycles. The van der Waals surface area contributed by atoms with Gasteiger partial charge in [0.1, 0.15) is 11.5 Å². The Morgan fingerprint density at radius 2 is 1.52 bits per heavy atom. The van der Waals surface area contributed by atoms with Gasteiger partial charge in [-0.2, -0.15) is 13.2 Å². The highest BCUT2D eigenvalue weighted by molar-refractivity contribution is 5.99. The van der Waals surface area contributed by atoms with E-state index < -0.39 is 23.6 Å². The monoisotopic (exact) mass is 382 g/mol. The van der Waals surface area contributed by atoms with Crippen LogP contribution in [0.25, 0.3) is 0 Å². The fraction of sp³-hybridized carbons (Fsp3) is 0.222. The average molecular weight is 382 g/mol. The van der Waals surface area contributed by atoms with Crippen molar-refractivity contribution in [3.05, 3.63) is 53.6 Å². The highest BCUT2D eigenvalue weighted by atomic mass is 19.4. The predicted octanol–water partition coefficient (Wildman–Crippen LogP) is 3.09. The molecule has 9 heteroatoms. The summed E-state index contributed by atoms with van der Waals surface area (Å²) in [6, 6.07) is 8.53. The summed E-state index contributed by atoms with van der Waals surface area (Å²) >= 11 is 0. The zero-order valence-electron chi connectivity index (χ0n) is 14.5. The van der Waals surface area contributed by atoms with Crippen LogP contribution in [0.3, 0.4) is 0 Å². The maximum Gasteiger partial charge on any atom is 0.416 e.